The van der Waals surface area contributed by atoms with Gasteiger partial charge >= 0.3 is 0 Å². The van der Waals surface area contributed by atoms with E-state index in [4.69, 9.17) is 52.1 Å². The van der Waals surface area contributed by atoms with Gasteiger partial charge in [-0.3, -0.25) is 0 Å². The summed E-state index contributed by atoms with van der Waals surface area (Å²) in [5.41, 5.74) is 0.403. The summed E-state index contributed by atoms with van der Waals surface area (Å²) in [6, 6.07) is 17.6. The predicted molar refractivity (Wildman–Crippen MR) is 531 cm³/mol. The molecule has 0 amide bonds. The van der Waals surface area contributed by atoms with E-state index in [9.17, 15) is 52.7 Å². The number of halogens is 12. The molecule has 23 heteroatoms. The molecule has 0 radical (unpaired) electrons. The van der Waals surface area contributed by atoms with Crippen LogP contribution in [0.5, 0.6) is 63.2 Å². The van der Waals surface area contributed by atoms with E-state index in [0.717, 1.165) is 138 Å². The smallest absolute Gasteiger partial charge is 0.204 e. The van der Waals surface area contributed by atoms with Crippen molar-refractivity contribution in [1.29, 1.82) is 0 Å². The third kappa shape index (κ3) is 40.6. The summed E-state index contributed by atoms with van der Waals surface area (Å²) in [6.45, 7) is 26.9. The molecule has 6 fully saturated rings. The summed E-state index contributed by atoms with van der Waals surface area (Å²) in [5.74, 6) is -3.71. The Hall–Kier alpha value is -7.72. The molecule has 6 aromatic carbocycles. The fourth-order valence-corrected chi connectivity index (χ4v) is 20.0. The third-order valence-electron chi connectivity index (χ3n) is 28.8. The van der Waals surface area contributed by atoms with E-state index in [1.165, 1.54) is 248 Å². The minimum Gasteiger partial charge on any atom is -0.494 e. The zero-order valence-electron chi connectivity index (χ0n) is 85.8. The standard InChI is InChI=1S/C22H34F2O2.2C20H30F2O2.C18H26F2O2.C18H26F2O.C17H24F2O2/c1-3-5-7-8-17-9-11-18(12-10-17)16-26-20-14-13-19(21(23)22(20)24)25-15-6-4-2;1-3-5-6-7-15-8-10-16(11-9-15)14-24-18-13-12-17(23-4-2)19(21)20(18)22;1-3-5-13-23-17-11-12-18(20(22)19(17)21)24-14-16-9-7-15(6-4-2)8-10-16;1-3-5-13-6-8-14(9-7-13)12-22-16-11-10-15(21-4-2)17(19)18(16)20;1-3-5-13-6-8-14(9-7-13)12-21-16-11-10-15(4-2)17(19)18(16)20;1-3-4-12-5-7-13(8-6-12)11-21-15-10-9-14(20-2)16(18)17(15)19/h13-14,17-18H,3-12,15-16H2,1-2H3;12-13,15-16H,3-11,14H2,1-2H3;11-12,15-16H,3-10,13-14H2,1-2H3;10-11,13-14H,3-9,12H2,1-2H3;10-11,13-14H,3-9,12H2,1-2H3;9-10,12-13H,3-8,11H2,1-2H3. The van der Waals surface area contributed by atoms with Crippen molar-refractivity contribution in [3.8, 4) is 63.2 Å². The van der Waals surface area contributed by atoms with Crippen LogP contribution in [0.1, 0.15) is 364 Å². The zero-order valence-corrected chi connectivity index (χ0v) is 85.8. The maximum absolute atomic E-state index is 14.2. The first-order valence-electron chi connectivity index (χ1n) is 53.6. The topological polar surface area (TPSA) is 102 Å². The minimum atomic E-state index is -0.985. The van der Waals surface area contributed by atoms with Crippen molar-refractivity contribution in [1.82, 2.24) is 0 Å². The molecule has 6 aliphatic rings. The average Bonchev–Trinajstić information content (AvgIpc) is 0.848. The van der Waals surface area contributed by atoms with E-state index in [2.05, 4.69) is 41.5 Å². The Balaban J connectivity index is 0.000000226. The summed E-state index contributed by atoms with van der Waals surface area (Å²) in [5, 5.41) is 0. The number of hydrogen-bond acceptors (Lipinski definition) is 11. The normalized spacial score (nSPS) is 21.2. The molecule has 0 aliphatic heterocycles. The van der Waals surface area contributed by atoms with E-state index in [1.807, 2.05) is 20.8 Å². The van der Waals surface area contributed by atoms with Crippen molar-refractivity contribution >= 4 is 0 Å². The number of ether oxygens (including phenoxy) is 11. The van der Waals surface area contributed by atoms with Gasteiger partial charge in [-0.05, 0) is 253 Å². The second-order valence-corrected chi connectivity index (χ2v) is 39.5. The van der Waals surface area contributed by atoms with Gasteiger partial charge in [-0.25, -0.2) is 4.39 Å². The molecule has 0 unspecified atom stereocenters. The number of methoxy groups -OCH3 is 1. The quantitative estimate of drug-likeness (QED) is 0.0270. The molecular weight excluding hydrogens is 1790 g/mol. The summed E-state index contributed by atoms with van der Waals surface area (Å²) in [6.07, 6.45) is 53.0. The number of unbranched alkanes of at least 4 members (excludes halogenated alkanes) is 6. The van der Waals surface area contributed by atoms with Crippen molar-refractivity contribution in [2.75, 3.05) is 73.2 Å². The van der Waals surface area contributed by atoms with Gasteiger partial charge in [-0.2, -0.15) is 48.3 Å². The highest BCUT2D eigenvalue weighted by Gasteiger charge is 2.31. The Morgan fingerprint density at radius 3 is 0.572 bits per heavy atom. The molecule has 0 saturated heterocycles. The van der Waals surface area contributed by atoms with Crippen molar-refractivity contribution in [2.24, 2.45) is 71.0 Å². The fraction of sp³-hybridized carbons (Fsp3) is 0.687. The van der Waals surface area contributed by atoms with Gasteiger partial charge in [0.15, 0.2) is 69.1 Å². The highest BCUT2D eigenvalue weighted by atomic mass is 19.2. The van der Waals surface area contributed by atoms with Crippen molar-refractivity contribution in [3.63, 3.8) is 0 Å². The molecule has 6 aliphatic carbocycles. The van der Waals surface area contributed by atoms with Crippen molar-refractivity contribution in [3.05, 3.63) is 148 Å². The molecule has 0 spiro atoms. The largest absolute Gasteiger partial charge is 0.494 e. The lowest BCUT2D eigenvalue weighted by atomic mass is 9.80. The monoisotopic (exact) mass is 1960 g/mol. The molecule has 11 nitrogen and oxygen atoms in total. The predicted octanol–water partition coefficient (Wildman–Crippen LogP) is 35.0. The lowest BCUT2D eigenvalue weighted by Gasteiger charge is -2.28. The van der Waals surface area contributed by atoms with Crippen LogP contribution in [0.4, 0.5) is 52.7 Å². The second-order valence-electron chi connectivity index (χ2n) is 39.5. The minimum absolute atomic E-state index is 0.00425. The van der Waals surface area contributed by atoms with E-state index >= 15 is 0 Å². The van der Waals surface area contributed by atoms with Crippen LogP contribution in [0.15, 0.2) is 72.8 Å². The summed E-state index contributed by atoms with van der Waals surface area (Å²) in [4.78, 5) is 0. The van der Waals surface area contributed by atoms with Crippen LogP contribution in [0.25, 0.3) is 0 Å². The molecular formula is C115H170F12O11. The molecule has 6 saturated carbocycles. The van der Waals surface area contributed by atoms with Gasteiger partial charge in [0.25, 0.3) is 0 Å². The SMILES string of the molecule is CCCC1CCC(COc2ccc(CC)c(F)c2F)CC1.CCCC1CCC(COc2ccc(OC)c(F)c2F)CC1.CCCC1CCC(COc2ccc(OCC)c(F)c2F)CC1.CCCCCC1CCC(COc2ccc(OCC)c(F)c2F)CC1.CCCCCC1CCC(COc2ccc(OCCCC)c(F)c2F)CC1.CCCCOc1ccc(OCC2CCC(CCC)CC2)c(F)c1F. The molecule has 138 heavy (non-hydrogen) atoms. The lowest BCUT2D eigenvalue weighted by molar-refractivity contribution is 0.172. The highest BCUT2D eigenvalue weighted by Crippen LogP contribution is 2.42. The first kappa shape index (κ1) is 117. The van der Waals surface area contributed by atoms with Crippen LogP contribution in [-0.4, -0.2) is 73.2 Å². The van der Waals surface area contributed by atoms with Crippen LogP contribution < -0.4 is 52.1 Å². The van der Waals surface area contributed by atoms with E-state index in [1.54, 1.807) is 26.0 Å². The maximum atomic E-state index is 14.2. The Morgan fingerprint density at radius 1 is 0.188 bits per heavy atom. The molecule has 0 bridgehead atoms. The number of aryl methyl sites for hydroxylation is 1. The van der Waals surface area contributed by atoms with Gasteiger partial charge in [-0.15, -0.1) is 0 Å². The van der Waals surface area contributed by atoms with Gasteiger partial charge in [0, 0.05) is 0 Å². The lowest BCUT2D eigenvalue weighted by Crippen LogP contribution is -2.20. The Bertz CT molecular complexity index is 4190. The van der Waals surface area contributed by atoms with Gasteiger partial charge in [-0.1, -0.05) is 261 Å². The van der Waals surface area contributed by atoms with Crippen LogP contribution in [0, 0.1) is 141 Å². The molecule has 12 rings (SSSR count). The highest BCUT2D eigenvalue weighted by molar-refractivity contribution is 5.39. The first-order chi connectivity index (χ1) is 66.9. The Labute approximate surface area is 821 Å². The van der Waals surface area contributed by atoms with E-state index < -0.39 is 69.8 Å². The van der Waals surface area contributed by atoms with E-state index in [-0.39, 0.29) is 63.2 Å². The van der Waals surface area contributed by atoms with Gasteiger partial charge in [0.1, 0.15) is 0 Å². The van der Waals surface area contributed by atoms with Crippen LogP contribution in [-0.2, 0) is 6.42 Å². The van der Waals surface area contributed by atoms with E-state index in [0.29, 0.717) is 114 Å². The second kappa shape index (κ2) is 66.9. The number of hydrogen-bond donors (Lipinski definition) is 0. The van der Waals surface area contributed by atoms with Gasteiger partial charge in [0.05, 0.1) is 73.2 Å². The fourth-order valence-electron chi connectivity index (χ4n) is 20.0. The van der Waals surface area contributed by atoms with Crippen LogP contribution >= 0.6 is 0 Å². The van der Waals surface area contributed by atoms with Crippen molar-refractivity contribution in [2.45, 2.75) is 365 Å². The number of benzene rings is 6. The third-order valence-corrected chi connectivity index (χ3v) is 28.8. The number of rotatable bonds is 48. The average molecular weight is 1960 g/mol. The Kier molecular flexibility index (Phi) is 56.9. The van der Waals surface area contributed by atoms with Gasteiger partial charge < -0.3 is 52.1 Å². The molecule has 780 valence electrons. The van der Waals surface area contributed by atoms with Crippen LogP contribution in [0.2, 0.25) is 0 Å². The van der Waals surface area contributed by atoms with Gasteiger partial charge in [0.2, 0.25) is 64.0 Å². The first-order valence-corrected chi connectivity index (χ1v) is 53.6. The zero-order chi connectivity index (χ0) is 99.9. The van der Waals surface area contributed by atoms with Crippen LogP contribution in [0.3, 0.4) is 0 Å². The van der Waals surface area contributed by atoms with Crippen molar-refractivity contribution < 1.29 is 105 Å². The maximum Gasteiger partial charge on any atom is 0.204 e. The molecule has 0 aromatic heterocycles. The molecule has 0 atom stereocenters. The molecule has 0 heterocycles. The molecule has 0 N–H and O–H groups in total. The summed E-state index contributed by atoms with van der Waals surface area (Å²) in [7, 11) is 1.31. The summed E-state index contributed by atoms with van der Waals surface area (Å²) >= 11 is 0. The summed E-state index contributed by atoms with van der Waals surface area (Å²) < 4.78 is 225. The molecule has 6 aromatic rings. The Morgan fingerprint density at radius 2 is 0.370 bits per heavy atom.